The van der Waals surface area contributed by atoms with E-state index in [9.17, 15) is 0 Å². The van der Waals surface area contributed by atoms with E-state index in [2.05, 4.69) is 38.0 Å². The molecule has 1 unspecified atom stereocenters. The third kappa shape index (κ3) is 3.76. The lowest BCUT2D eigenvalue weighted by Gasteiger charge is -2.31. The van der Waals surface area contributed by atoms with Crippen LogP contribution in [0.15, 0.2) is 18.3 Å². The molecule has 1 aromatic heterocycles. The summed E-state index contributed by atoms with van der Waals surface area (Å²) in [4.78, 5) is 4.07. The molecule has 1 N–H and O–H groups in total. The highest BCUT2D eigenvalue weighted by molar-refractivity contribution is 6.30. The quantitative estimate of drug-likeness (QED) is 0.813. The first-order chi connectivity index (χ1) is 7.45. The molecule has 0 bridgehead atoms. The van der Waals surface area contributed by atoms with Crippen molar-refractivity contribution in [3.8, 4) is 0 Å². The van der Waals surface area contributed by atoms with Crippen molar-refractivity contribution in [2.24, 2.45) is 5.41 Å². The van der Waals surface area contributed by atoms with E-state index in [0.717, 1.165) is 18.5 Å². The van der Waals surface area contributed by atoms with Crippen molar-refractivity contribution in [2.45, 2.75) is 46.7 Å². The minimum atomic E-state index is 0.267. The summed E-state index contributed by atoms with van der Waals surface area (Å²) >= 11 is 6.01. The fourth-order valence-electron chi connectivity index (χ4n) is 1.85. The van der Waals surface area contributed by atoms with Crippen LogP contribution in [0.4, 0.5) is 0 Å². The second-order valence-electron chi connectivity index (χ2n) is 5.16. The molecular weight excluding hydrogens is 220 g/mol. The molecule has 1 heterocycles. The first kappa shape index (κ1) is 13.5. The van der Waals surface area contributed by atoms with Gasteiger partial charge in [-0.05, 0) is 17.9 Å². The molecule has 0 aliphatic rings. The summed E-state index contributed by atoms with van der Waals surface area (Å²) in [6.45, 7) is 9.73. The number of aromatic nitrogens is 1. The first-order valence-electron chi connectivity index (χ1n) is 5.78. The fourth-order valence-corrected chi connectivity index (χ4v) is 2.03. The summed E-state index contributed by atoms with van der Waals surface area (Å²) in [5.41, 5.74) is 1.33. The molecule has 0 fully saturated rings. The van der Waals surface area contributed by atoms with Gasteiger partial charge in [0.1, 0.15) is 5.15 Å². The van der Waals surface area contributed by atoms with Crippen LogP contribution in [0.1, 0.15) is 39.7 Å². The van der Waals surface area contributed by atoms with E-state index < -0.39 is 0 Å². The number of hydrogen-bond donors (Lipinski definition) is 1. The van der Waals surface area contributed by atoms with E-state index in [1.165, 1.54) is 0 Å². The molecule has 0 spiro atoms. The second kappa shape index (κ2) is 5.65. The van der Waals surface area contributed by atoms with E-state index in [1.54, 1.807) is 6.20 Å². The van der Waals surface area contributed by atoms with Crippen LogP contribution in [0, 0.1) is 5.41 Å². The molecule has 0 amide bonds. The lowest BCUT2D eigenvalue weighted by atomic mass is 9.85. The third-order valence-electron chi connectivity index (χ3n) is 2.83. The zero-order chi connectivity index (χ0) is 12.2. The number of halogens is 1. The van der Waals surface area contributed by atoms with Crippen molar-refractivity contribution < 1.29 is 0 Å². The number of rotatable bonds is 4. The second-order valence-corrected chi connectivity index (χ2v) is 5.52. The smallest absolute Gasteiger partial charge is 0.133 e. The largest absolute Gasteiger partial charge is 0.309 e. The maximum absolute atomic E-state index is 6.01. The molecule has 0 aliphatic heterocycles. The molecule has 1 aromatic rings. The van der Waals surface area contributed by atoms with Crippen LogP contribution in [0.25, 0.3) is 0 Å². The summed E-state index contributed by atoms with van der Waals surface area (Å²) in [7, 11) is 0. The van der Waals surface area contributed by atoms with Gasteiger partial charge in [-0.25, -0.2) is 4.98 Å². The van der Waals surface area contributed by atoms with E-state index in [0.29, 0.717) is 11.2 Å². The van der Waals surface area contributed by atoms with Gasteiger partial charge in [-0.1, -0.05) is 45.4 Å². The Morgan fingerprint density at radius 3 is 2.62 bits per heavy atom. The topological polar surface area (TPSA) is 24.9 Å². The predicted molar refractivity (Wildman–Crippen MR) is 69.6 cm³/mol. The molecule has 0 aromatic carbocycles. The Balaban J connectivity index is 2.60. The fraction of sp³-hybridized carbons (Fsp3) is 0.615. The highest BCUT2D eigenvalue weighted by atomic mass is 35.5. The summed E-state index contributed by atoms with van der Waals surface area (Å²) < 4.78 is 0. The molecule has 1 rings (SSSR count). The number of nitrogens with zero attached hydrogens (tertiary/aromatic N) is 1. The van der Waals surface area contributed by atoms with E-state index in [-0.39, 0.29) is 5.41 Å². The third-order valence-corrected chi connectivity index (χ3v) is 3.17. The highest BCUT2D eigenvalue weighted by Crippen LogP contribution is 2.22. The van der Waals surface area contributed by atoms with Crippen LogP contribution in [0.5, 0.6) is 0 Å². The standard InChI is InChI=1S/C13H21ClN2/c1-5-11(13(2,3)4)16-9-10-7-6-8-15-12(10)14/h6-8,11,16H,5,9H2,1-4H3. The molecule has 16 heavy (non-hydrogen) atoms. The molecule has 3 heteroatoms. The Bertz CT molecular complexity index is 331. The lowest BCUT2D eigenvalue weighted by Crippen LogP contribution is -2.39. The van der Waals surface area contributed by atoms with Crippen LogP contribution in [0.2, 0.25) is 5.15 Å². The van der Waals surface area contributed by atoms with Crippen LogP contribution >= 0.6 is 11.6 Å². The molecule has 0 aliphatic carbocycles. The molecule has 1 atom stereocenters. The van der Waals surface area contributed by atoms with Crippen molar-refractivity contribution >= 4 is 11.6 Å². The van der Waals surface area contributed by atoms with Crippen LogP contribution in [-0.2, 0) is 6.54 Å². The maximum atomic E-state index is 6.01. The van der Waals surface area contributed by atoms with Crippen molar-refractivity contribution in [3.63, 3.8) is 0 Å². The zero-order valence-electron chi connectivity index (χ0n) is 10.5. The average molecular weight is 241 g/mol. The normalized spacial score (nSPS) is 13.8. The maximum Gasteiger partial charge on any atom is 0.133 e. The van der Waals surface area contributed by atoms with Gasteiger partial charge in [-0.3, -0.25) is 0 Å². The predicted octanol–water partition coefficient (Wildman–Crippen LogP) is 3.65. The van der Waals surface area contributed by atoms with E-state index >= 15 is 0 Å². The van der Waals surface area contributed by atoms with Gasteiger partial charge in [0.15, 0.2) is 0 Å². The highest BCUT2D eigenvalue weighted by Gasteiger charge is 2.22. The van der Waals surface area contributed by atoms with Crippen molar-refractivity contribution in [2.75, 3.05) is 0 Å². The molecule has 0 saturated heterocycles. The summed E-state index contributed by atoms with van der Waals surface area (Å²) in [6, 6.07) is 4.42. The van der Waals surface area contributed by atoms with Gasteiger partial charge in [0.25, 0.3) is 0 Å². The Kier molecular flexibility index (Phi) is 4.75. The lowest BCUT2D eigenvalue weighted by molar-refractivity contribution is 0.259. The van der Waals surface area contributed by atoms with Gasteiger partial charge in [0.05, 0.1) is 0 Å². The van der Waals surface area contributed by atoms with Crippen molar-refractivity contribution in [1.29, 1.82) is 0 Å². The van der Waals surface area contributed by atoms with Crippen LogP contribution in [0.3, 0.4) is 0 Å². The molecular formula is C13H21ClN2. The zero-order valence-corrected chi connectivity index (χ0v) is 11.3. The molecule has 0 saturated carbocycles. The first-order valence-corrected chi connectivity index (χ1v) is 6.15. The van der Waals surface area contributed by atoms with Crippen molar-refractivity contribution in [1.82, 2.24) is 10.3 Å². The Morgan fingerprint density at radius 1 is 1.44 bits per heavy atom. The SMILES string of the molecule is CCC(NCc1cccnc1Cl)C(C)(C)C. The Labute approximate surface area is 103 Å². The van der Waals surface area contributed by atoms with E-state index in [1.807, 2.05) is 12.1 Å². The number of pyridine rings is 1. The minimum Gasteiger partial charge on any atom is -0.309 e. The summed E-state index contributed by atoms with van der Waals surface area (Å²) in [5.74, 6) is 0. The minimum absolute atomic E-state index is 0.267. The van der Waals surface area contributed by atoms with Gasteiger partial charge in [-0.2, -0.15) is 0 Å². The number of hydrogen-bond acceptors (Lipinski definition) is 2. The Hall–Kier alpha value is -0.600. The monoisotopic (exact) mass is 240 g/mol. The van der Waals surface area contributed by atoms with Crippen LogP contribution in [-0.4, -0.2) is 11.0 Å². The van der Waals surface area contributed by atoms with Gasteiger partial charge in [0.2, 0.25) is 0 Å². The van der Waals surface area contributed by atoms with Gasteiger partial charge in [0, 0.05) is 24.3 Å². The Morgan fingerprint density at radius 2 is 2.12 bits per heavy atom. The summed E-state index contributed by atoms with van der Waals surface area (Å²) in [6.07, 6.45) is 2.83. The van der Waals surface area contributed by atoms with Gasteiger partial charge in [-0.15, -0.1) is 0 Å². The molecule has 0 radical (unpaired) electrons. The summed E-state index contributed by atoms with van der Waals surface area (Å²) in [5, 5.41) is 4.14. The van der Waals surface area contributed by atoms with E-state index in [4.69, 9.17) is 11.6 Å². The number of nitrogens with one attached hydrogen (secondary N) is 1. The average Bonchev–Trinajstić information content (AvgIpc) is 2.19. The van der Waals surface area contributed by atoms with Gasteiger partial charge >= 0.3 is 0 Å². The molecule has 90 valence electrons. The van der Waals surface area contributed by atoms with Gasteiger partial charge < -0.3 is 5.32 Å². The van der Waals surface area contributed by atoms with Crippen LogP contribution < -0.4 is 5.32 Å². The van der Waals surface area contributed by atoms with Crippen molar-refractivity contribution in [3.05, 3.63) is 29.0 Å². The molecule has 2 nitrogen and oxygen atoms in total.